The van der Waals surface area contributed by atoms with Crippen molar-refractivity contribution in [2.75, 3.05) is 7.05 Å². The predicted octanol–water partition coefficient (Wildman–Crippen LogP) is 2.25. The lowest BCUT2D eigenvalue weighted by molar-refractivity contribution is -0.138. The van der Waals surface area contributed by atoms with Crippen LogP contribution in [0.5, 0.6) is 0 Å². The van der Waals surface area contributed by atoms with Crippen LogP contribution in [0.25, 0.3) is 0 Å². The summed E-state index contributed by atoms with van der Waals surface area (Å²) in [6, 6.07) is 0.597. The number of nitrogens with zero attached hydrogens (tertiary/aromatic N) is 1. The van der Waals surface area contributed by atoms with Gasteiger partial charge in [-0.25, -0.2) is 0 Å². The van der Waals surface area contributed by atoms with Gasteiger partial charge in [-0.15, -0.1) is 0 Å². The van der Waals surface area contributed by atoms with Crippen LogP contribution in [0.15, 0.2) is 0 Å². The molecule has 1 fully saturated rings. The Kier molecular flexibility index (Phi) is 4.99. The highest BCUT2D eigenvalue weighted by Crippen LogP contribution is 2.29. The molecule has 1 saturated carbocycles. The number of rotatable bonds is 3. The molecule has 3 nitrogen and oxygen atoms in total. The summed E-state index contributed by atoms with van der Waals surface area (Å²) >= 11 is 0. The fourth-order valence-electron chi connectivity index (χ4n) is 2.58. The number of carbonyl (C=O) groups excluding carboxylic acids is 1. The van der Waals surface area contributed by atoms with E-state index in [1.807, 2.05) is 11.9 Å². The molecule has 4 atom stereocenters. The molecule has 4 unspecified atom stereocenters. The van der Waals surface area contributed by atoms with E-state index in [2.05, 4.69) is 27.7 Å². The number of nitrogens with two attached hydrogens (primary N) is 1. The second kappa shape index (κ2) is 5.85. The Balaban J connectivity index is 2.58. The smallest absolute Gasteiger partial charge is 0.225 e. The van der Waals surface area contributed by atoms with Crippen molar-refractivity contribution in [2.45, 2.75) is 59.0 Å². The van der Waals surface area contributed by atoms with Gasteiger partial charge in [0.25, 0.3) is 0 Å². The molecular formula is C14H28N2O. The molecule has 1 aliphatic carbocycles. The monoisotopic (exact) mass is 240 g/mol. The maximum absolute atomic E-state index is 12.4. The fourth-order valence-corrected chi connectivity index (χ4v) is 2.58. The summed E-state index contributed by atoms with van der Waals surface area (Å²) in [6.45, 7) is 8.61. The molecule has 0 bridgehead atoms. The average molecular weight is 240 g/mol. The normalized spacial score (nSPS) is 31.4. The molecule has 3 heteroatoms. The van der Waals surface area contributed by atoms with Crippen molar-refractivity contribution in [2.24, 2.45) is 23.5 Å². The van der Waals surface area contributed by atoms with Crippen molar-refractivity contribution >= 4 is 5.91 Å². The van der Waals surface area contributed by atoms with E-state index >= 15 is 0 Å². The first kappa shape index (κ1) is 14.5. The molecule has 0 aromatic carbocycles. The Bertz CT molecular complexity index is 265. The van der Waals surface area contributed by atoms with Crippen LogP contribution in [0.3, 0.4) is 0 Å². The van der Waals surface area contributed by atoms with Gasteiger partial charge in [-0.05, 0) is 38.0 Å². The molecule has 0 aliphatic heterocycles. The lowest BCUT2D eigenvalue weighted by atomic mass is 9.78. The van der Waals surface area contributed by atoms with E-state index < -0.39 is 0 Å². The van der Waals surface area contributed by atoms with Crippen LogP contribution < -0.4 is 5.73 Å². The Morgan fingerprint density at radius 3 is 2.35 bits per heavy atom. The van der Waals surface area contributed by atoms with E-state index in [1.54, 1.807) is 0 Å². The first-order valence-electron chi connectivity index (χ1n) is 6.86. The molecule has 0 spiro atoms. The van der Waals surface area contributed by atoms with E-state index in [0.29, 0.717) is 23.8 Å². The van der Waals surface area contributed by atoms with Gasteiger partial charge in [0.05, 0.1) is 0 Å². The van der Waals surface area contributed by atoms with Crippen molar-refractivity contribution in [3.63, 3.8) is 0 Å². The molecule has 100 valence electrons. The van der Waals surface area contributed by atoms with E-state index in [4.69, 9.17) is 5.73 Å². The zero-order chi connectivity index (χ0) is 13.2. The minimum atomic E-state index is 0.191. The molecule has 0 saturated heterocycles. The molecule has 1 aliphatic rings. The van der Waals surface area contributed by atoms with Gasteiger partial charge in [-0.2, -0.15) is 0 Å². The average Bonchev–Trinajstić information content (AvgIpc) is 2.29. The lowest BCUT2D eigenvalue weighted by Crippen LogP contribution is -2.45. The van der Waals surface area contributed by atoms with E-state index in [9.17, 15) is 4.79 Å². The van der Waals surface area contributed by atoms with Crippen molar-refractivity contribution in [1.82, 2.24) is 4.90 Å². The van der Waals surface area contributed by atoms with Crippen LogP contribution >= 0.6 is 0 Å². The minimum absolute atomic E-state index is 0.191. The number of amides is 1. The third-order valence-electron chi connectivity index (χ3n) is 4.51. The van der Waals surface area contributed by atoms with Crippen LogP contribution in [0.1, 0.15) is 47.0 Å². The zero-order valence-corrected chi connectivity index (χ0v) is 11.9. The second-order valence-corrected chi connectivity index (χ2v) is 6.08. The van der Waals surface area contributed by atoms with Crippen molar-refractivity contribution < 1.29 is 4.79 Å². The molecule has 0 aromatic rings. The molecule has 2 N–H and O–H groups in total. The van der Waals surface area contributed by atoms with Gasteiger partial charge in [0.15, 0.2) is 0 Å². The summed E-state index contributed by atoms with van der Waals surface area (Å²) in [5.41, 5.74) is 6.00. The molecule has 0 radical (unpaired) electrons. The Morgan fingerprint density at radius 2 is 1.88 bits per heavy atom. The first-order valence-corrected chi connectivity index (χ1v) is 6.86. The SMILES string of the molecule is CC(C)C(C)N(C)C(=O)C1CCC(N)C(C)C1. The van der Waals surface area contributed by atoms with Crippen LogP contribution in [-0.4, -0.2) is 29.9 Å². The van der Waals surface area contributed by atoms with Crippen LogP contribution in [0.2, 0.25) is 0 Å². The number of carbonyl (C=O) groups is 1. The Labute approximate surface area is 106 Å². The predicted molar refractivity (Wildman–Crippen MR) is 71.6 cm³/mol. The molecule has 1 amide bonds. The quantitative estimate of drug-likeness (QED) is 0.822. The highest BCUT2D eigenvalue weighted by molar-refractivity contribution is 5.79. The van der Waals surface area contributed by atoms with E-state index in [-0.39, 0.29) is 12.0 Å². The Hall–Kier alpha value is -0.570. The van der Waals surface area contributed by atoms with Crippen molar-refractivity contribution in [3.05, 3.63) is 0 Å². The van der Waals surface area contributed by atoms with Gasteiger partial charge in [-0.3, -0.25) is 4.79 Å². The summed E-state index contributed by atoms with van der Waals surface area (Å²) in [4.78, 5) is 14.3. The maximum atomic E-state index is 12.4. The summed E-state index contributed by atoms with van der Waals surface area (Å²) in [6.07, 6.45) is 2.90. The van der Waals surface area contributed by atoms with Gasteiger partial charge in [-0.1, -0.05) is 20.8 Å². The summed E-state index contributed by atoms with van der Waals surface area (Å²) in [5, 5.41) is 0. The third kappa shape index (κ3) is 3.44. The van der Waals surface area contributed by atoms with Gasteiger partial charge in [0, 0.05) is 25.0 Å². The van der Waals surface area contributed by atoms with Crippen LogP contribution in [-0.2, 0) is 4.79 Å². The molecule has 0 heterocycles. The highest BCUT2D eigenvalue weighted by atomic mass is 16.2. The largest absolute Gasteiger partial charge is 0.343 e. The summed E-state index contributed by atoms with van der Waals surface area (Å²) < 4.78 is 0. The standard InChI is InChI=1S/C14H28N2O/c1-9(2)11(4)16(5)14(17)12-6-7-13(15)10(3)8-12/h9-13H,6-8,15H2,1-5H3. The van der Waals surface area contributed by atoms with Gasteiger partial charge < -0.3 is 10.6 Å². The lowest BCUT2D eigenvalue weighted by Gasteiger charge is -2.36. The van der Waals surface area contributed by atoms with Gasteiger partial charge in [0.1, 0.15) is 0 Å². The number of hydrogen-bond donors (Lipinski definition) is 1. The van der Waals surface area contributed by atoms with Crippen LogP contribution in [0.4, 0.5) is 0 Å². The maximum Gasteiger partial charge on any atom is 0.225 e. The van der Waals surface area contributed by atoms with Gasteiger partial charge in [0.2, 0.25) is 5.91 Å². The van der Waals surface area contributed by atoms with Gasteiger partial charge >= 0.3 is 0 Å². The summed E-state index contributed by atoms with van der Waals surface area (Å²) in [5.74, 6) is 1.48. The van der Waals surface area contributed by atoms with E-state index in [1.165, 1.54) is 0 Å². The fraction of sp³-hybridized carbons (Fsp3) is 0.929. The topological polar surface area (TPSA) is 46.3 Å². The third-order valence-corrected chi connectivity index (χ3v) is 4.51. The molecule has 0 aromatic heterocycles. The molecule has 1 rings (SSSR count). The van der Waals surface area contributed by atoms with E-state index in [0.717, 1.165) is 19.3 Å². The zero-order valence-electron chi connectivity index (χ0n) is 11.9. The summed E-state index contributed by atoms with van der Waals surface area (Å²) in [7, 11) is 1.94. The highest BCUT2D eigenvalue weighted by Gasteiger charge is 2.32. The van der Waals surface area contributed by atoms with Crippen molar-refractivity contribution in [3.8, 4) is 0 Å². The second-order valence-electron chi connectivity index (χ2n) is 6.08. The van der Waals surface area contributed by atoms with Crippen molar-refractivity contribution in [1.29, 1.82) is 0 Å². The Morgan fingerprint density at radius 1 is 1.29 bits per heavy atom. The first-order chi connectivity index (χ1) is 7.84. The minimum Gasteiger partial charge on any atom is -0.343 e. The number of hydrogen-bond acceptors (Lipinski definition) is 2. The van der Waals surface area contributed by atoms with Crippen LogP contribution in [0, 0.1) is 17.8 Å². The molecular weight excluding hydrogens is 212 g/mol. The molecule has 17 heavy (non-hydrogen) atoms.